The highest BCUT2D eigenvalue weighted by Gasteiger charge is 2.15. The van der Waals surface area contributed by atoms with Crippen LogP contribution in [0.5, 0.6) is 5.75 Å². The summed E-state index contributed by atoms with van der Waals surface area (Å²) in [5.41, 5.74) is 0.492. The van der Waals surface area contributed by atoms with Crippen molar-refractivity contribution in [2.75, 3.05) is 7.11 Å². The molecule has 0 aliphatic rings. The molecule has 128 valence electrons. The van der Waals surface area contributed by atoms with E-state index in [2.05, 4.69) is 10.4 Å². The number of ether oxygens (including phenoxy) is 1. The number of aromatic nitrogens is 2. The first-order chi connectivity index (χ1) is 11.5. The number of aryl methyl sites for hydroxylation is 1. The maximum absolute atomic E-state index is 13.8. The smallest absolute Gasteiger partial charge is 0.272 e. The van der Waals surface area contributed by atoms with Crippen molar-refractivity contribution in [1.29, 1.82) is 0 Å². The second-order valence-electron chi connectivity index (χ2n) is 5.37. The minimum atomic E-state index is -0.495. The minimum Gasteiger partial charge on any atom is -0.494 e. The van der Waals surface area contributed by atoms with Crippen molar-refractivity contribution in [3.63, 3.8) is 0 Å². The molecule has 2 aromatic rings. The van der Waals surface area contributed by atoms with E-state index in [9.17, 15) is 14.0 Å². The number of methoxy groups -OCH3 is 1. The van der Waals surface area contributed by atoms with Gasteiger partial charge in [0.25, 0.3) is 11.5 Å². The van der Waals surface area contributed by atoms with Crippen LogP contribution in [0.2, 0.25) is 0 Å². The van der Waals surface area contributed by atoms with Gasteiger partial charge in [0, 0.05) is 12.6 Å². The lowest BCUT2D eigenvalue weighted by Crippen LogP contribution is -2.31. The van der Waals surface area contributed by atoms with Crippen LogP contribution < -0.4 is 15.6 Å². The molecule has 1 unspecified atom stereocenters. The Kier molecular flexibility index (Phi) is 5.68. The molecule has 1 atom stereocenters. The molecule has 2 rings (SSSR count). The predicted molar refractivity (Wildman–Crippen MR) is 87.6 cm³/mol. The number of amides is 1. The van der Waals surface area contributed by atoms with Crippen LogP contribution >= 0.6 is 0 Å². The number of nitrogens with one attached hydrogen (secondary N) is 1. The van der Waals surface area contributed by atoms with Gasteiger partial charge in [-0.05, 0) is 37.1 Å². The fraction of sp³-hybridized carbons (Fsp3) is 0.353. The Labute approximate surface area is 139 Å². The fourth-order valence-electron chi connectivity index (χ4n) is 2.25. The molecule has 1 amide bonds. The molecule has 24 heavy (non-hydrogen) atoms. The SMILES string of the molecule is CCCn1nc(C(=O)NC(C)c2ccc(OC)c(F)c2)ccc1=O. The summed E-state index contributed by atoms with van der Waals surface area (Å²) in [6.45, 7) is 4.10. The molecule has 0 saturated carbocycles. The Hall–Kier alpha value is -2.70. The number of rotatable bonds is 6. The third-order valence-electron chi connectivity index (χ3n) is 3.56. The minimum absolute atomic E-state index is 0.142. The first-order valence-corrected chi connectivity index (χ1v) is 7.68. The van der Waals surface area contributed by atoms with E-state index < -0.39 is 17.8 Å². The predicted octanol–water partition coefficient (Wildman–Crippen LogP) is 2.29. The van der Waals surface area contributed by atoms with Crippen LogP contribution in [0.4, 0.5) is 4.39 Å². The van der Waals surface area contributed by atoms with E-state index in [4.69, 9.17) is 4.74 Å². The van der Waals surface area contributed by atoms with Gasteiger partial charge in [-0.25, -0.2) is 9.07 Å². The monoisotopic (exact) mass is 333 g/mol. The van der Waals surface area contributed by atoms with Crippen LogP contribution in [0, 0.1) is 5.82 Å². The highest BCUT2D eigenvalue weighted by atomic mass is 19.1. The number of carbonyl (C=O) groups excluding carboxylic acids is 1. The summed E-state index contributed by atoms with van der Waals surface area (Å²) in [5.74, 6) is -0.778. The molecule has 0 aliphatic carbocycles. The number of halogens is 1. The Bertz CT molecular complexity index is 789. The normalized spacial score (nSPS) is 11.8. The maximum Gasteiger partial charge on any atom is 0.272 e. The molecule has 0 saturated heterocycles. The lowest BCUT2D eigenvalue weighted by Gasteiger charge is -2.15. The Morgan fingerprint density at radius 1 is 1.38 bits per heavy atom. The lowest BCUT2D eigenvalue weighted by atomic mass is 10.1. The van der Waals surface area contributed by atoms with Gasteiger partial charge in [-0.3, -0.25) is 9.59 Å². The lowest BCUT2D eigenvalue weighted by molar-refractivity contribution is 0.0932. The number of hydrogen-bond donors (Lipinski definition) is 1. The number of hydrogen-bond acceptors (Lipinski definition) is 4. The molecule has 1 aromatic heterocycles. The Morgan fingerprint density at radius 3 is 2.75 bits per heavy atom. The maximum atomic E-state index is 13.8. The highest BCUT2D eigenvalue weighted by molar-refractivity contribution is 5.92. The molecule has 1 N–H and O–H groups in total. The largest absolute Gasteiger partial charge is 0.494 e. The van der Waals surface area contributed by atoms with Gasteiger partial charge in [-0.15, -0.1) is 0 Å². The van der Waals surface area contributed by atoms with Crippen LogP contribution in [0.3, 0.4) is 0 Å². The zero-order chi connectivity index (χ0) is 17.7. The number of carbonyl (C=O) groups is 1. The van der Waals surface area contributed by atoms with Crippen molar-refractivity contribution >= 4 is 5.91 Å². The number of benzene rings is 1. The van der Waals surface area contributed by atoms with Gasteiger partial charge in [0.15, 0.2) is 11.6 Å². The summed E-state index contributed by atoms with van der Waals surface area (Å²) in [4.78, 5) is 23.9. The van der Waals surface area contributed by atoms with E-state index in [0.29, 0.717) is 12.1 Å². The van der Waals surface area contributed by atoms with E-state index in [1.165, 1.54) is 36.1 Å². The summed E-state index contributed by atoms with van der Waals surface area (Å²) in [6, 6.07) is 6.77. The van der Waals surface area contributed by atoms with Crippen molar-refractivity contribution < 1.29 is 13.9 Å². The zero-order valence-corrected chi connectivity index (χ0v) is 13.9. The molecule has 1 aromatic carbocycles. The fourth-order valence-corrected chi connectivity index (χ4v) is 2.25. The van der Waals surface area contributed by atoms with Gasteiger partial charge in [-0.1, -0.05) is 13.0 Å². The zero-order valence-electron chi connectivity index (χ0n) is 13.9. The summed E-state index contributed by atoms with van der Waals surface area (Å²) in [5, 5.41) is 6.79. The summed E-state index contributed by atoms with van der Waals surface area (Å²) in [7, 11) is 1.39. The van der Waals surface area contributed by atoms with Crippen molar-refractivity contribution in [1.82, 2.24) is 15.1 Å². The van der Waals surface area contributed by atoms with Crippen LogP contribution in [0.25, 0.3) is 0 Å². The standard InChI is InChI=1S/C17H20FN3O3/c1-4-9-21-16(22)8-6-14(20-21)17(23)19-11(2)12-5-7-15(24-3)13(18)10-12/h5-8,10-11H,4,9H2,1-3H3,(H,19,23). The van der Waals surface area contributed by atoms with Crippen LogP contribution in [0.1, 0.15) is 42.4 Å². The molecule has 0 spiro atoms. The second-order valence-corrected chi connectivity index (χ2v) is 5.37. The van der Waals surface area contributed by atoms with Crippen molar-refractivity contribution in [3.8, 4) is 5.75 Å². The average Bonchev–Trinajstić information content (AvgIpc) is 2.56. The first-order valence-electron chi connectivity index (χ1n) is 7.68. The molecule has 6 nitrogen and oxygen atoms in total. The molecular formula is C17H20FN3O3. The van der Waals surface area contributed by atoms with Crippen LogP contribution in [-0.4, -0.2) is 22.8 Å². The van der Waals surface area contributed by atoms with Crippen molar-refractivity contribution in [3.05, 3.63) is 57.8 Å². The molecule has 7 heteroatoms. The van der Waals surface area contributed by atoms with E-state index in [0.717, 1.165) is 6.42 Å². The Morgan fingerprint density at radius 2 is 2.12 bits per heavy atom. The van der Waals surface area contributed by atoms with Crippen LogP contribution in [-0.2, 0) is 6.54 Å². The number of nitrogens with zero attached hydrogens (tertiary/aromatic N) is 2. The summed E-state index contributed by atoms with van der Waals surface area (Å²) < 4.78 is 19.9. The molecule has 0 fully saturated rings. The van der Waals surface area contributed by atoms with Gasteiger partial charge in [0.1, 0.15) is 5.69 Å². The van der Waals surface area contributed by atoms with Crippen LogP contribution in [0.15, 0.2) is 35.1 Å². The molecule has 0 aliphatic heterocycles. The summed E-state index contributed by atoms with van der Waals surface area (Å²) in [6.07, 6.45) is 0.736. The second kappa shape index (κ2) is 7.72. The molecular weight excluding hydrogens is 313 g/mol. The van der Waals surface area contributed by atoms with Gasteiger partial charge in [0.2, 0.25) is 0 Å². The average molecular weight is 333 g/mol. The van der Waals surface area contributed by atoms with Gasteiger partial charge in [-0.2, -0.15) is 5.10 Å². The van der Waals surface area contributed by atoms with E-state index >= 15 is 0 Å². The highest BCUT2D eigenvalue weighted by Crippen LogP contribution is 2.21. The van der Waals surface area contributed by atoms with E-state index in [1.807, 2.05) is 6.92 Å². The topological polar surface area (TPSA) is 73.2 Å². The van der Waals surface area contributed by atoms with E-state index in [1.54, 1.807) is 13.0 Å². The van der Waals surface area contributed by atoms with Gasteiger partial charge >= 0.3 is 0 Å². The quantitative estimate of drug-likeness (QED) is 0.880. The van der Waals surface area contributed by atoms with E-state index in [-0.39, 0.29) is 17.0 Å². The van der Waals surface area contributed by atoms with Gasteiger partial charge in [0.05, 0.1) is 13.2 Å². The summed E-state index contributed by atoms with van der Waals surface area (Å²) >= 11 is 0. The van der Waals surface area contributed by atoms with Crippen molar-refractivity contribution in [2.45, 2.75) is 32.9 Å². The molecule has 1 heterocycles. The third kappa shape index (κ3) is 3.98. The third-order valence-corrected chi connectivity index (χ3v) is 3.56. The molecule has 0 radical (unpaired) electrons. The first kappa shape index (κ1) is 17.7. The molecule has 0 bridgehead atoms. The van der Waals surface area contributed by atoms with Gasteiger partial charge < -0.3 is 10.1 Å². The Balaban J connectivity index is 2.15. The van der Waals surface area contributed by atoms with Crippen molar-refractivity contribution in [2.24, 2.45) is 0 Å².